The van der Waals surface area contributed by atoms with E-state index in [9.17, 15) is 18.0 Å². The quantitative estimate of drug-likeness (QED) is 0.344. The molecule has 0 bridgehead atoms. The molecule has 0 amide bonds. The first kappa shape index (κ1) is 22.3. The van der Waals surface area contributed by atoms with Crippen molar-refractivity contribution in [2.45, 2.75) is 31.7 Å². The zero-order valence-electron chi connectivity index (χ0n) is 16.2. The van der Waals surface area contributed by atoms with Crippen molar-refractivity contribution in [3.05, 3.63) is 68.0 Å². The molecule has 0 aliphatic carbocycles. The van der Waals surface area contributed by atoms with Crippen LogP contribution in [0.2, 0.25) is 10.0 Å². The Morgan fingerprint density at radius 3 is 2.40 bits per heavy atom. The molecule has 3 aromatic rings. The second-order valence-corrected chi connectivity index (χ2v) is 9.18. The lowest BCUT2D eigenvalue weighted by Crippen LogP contribution is -2.40. The molecule has 0 saturated heterocycles. The lowest BCUT2D eigenvalue weighted by atomic mass is 10.1. The zero-order valence-corrected chi connectivity index (χ0v) is 18.5. The molecule has 7 nitrogen and oxygen atoms in total. The van der Waals surface area contributed by atoms with Gasteiger partial charge in [-0.05, 0) is 44.5 Å². The molecule has 0 aliphatic rings. The number of carbonyl (C=O) groups is 1. The molecular weight excluding hydrogens is 453 g/mol. The summed E-state index contributed by atoms with van der Waals surface area (Å²) in [7, 11) is -3.93. The standard InChI is InChI=1S/C20H17Cl2NO6S/c1-10-4-6-13(7-5-10)30(26,27)23-12(3)19(24)29-17-9-16-14(8-15(17)21)11(2)18(22)20(25)28-16/h4-9,12,23H,1-3H3. The second-order valence-electron chi connectivity index (χ2n) is 6.68. The van der Waals surface area contributed by atoms with Crippen LogP contribution in [0.3, 0.4) is 0 Å². The minimum atomic E-state index is -3.93. The molecule has 10 heteroatoms. The van der Waals surface area contributed by atoms with Crippen molar-refractivity contribution in [1.82, 2.24) is 4.72 Å². The second kappa shape index (κ2) is 8.39. The van der Waals surface area contributed by atoms with Crippen molar-refractivity contribution in [1.29, 1.82) is 0 Å². The maximum absolute atomic E-state index is 12.5. The van der Waals surface area contributed by atoms with Crippen LogP contribution in [0, 0.1) is 13.8 Å². The van der Waals surface area contributed by atoms with Gasteiger partial charge in [-0.1, -0.05) is 40.9 Å². The summed E-state index contributed by atoms with van der Waals surface area (Å²) in [6, 6.07) is 7.69. The van der Waals surface area contributed by atoms with Gasteiger partial charge in [0.15, 0.2) is 5.75 Å². The molecule has 2 aromatic carbocycles. The Balaban J connectivity index is 1.83. The molecule has 3 rings (SSSR count). The highest BCUT2D eigenvalue weighted by molar-refractivity contribution is 7.89. The van der Waals surface area contributed by atoms with Crippen LogP contribution in [-0.4, -0.2) is 20.4 Å². The van der Waals surface area contributed by atoms with Crippen LogP contribution in [0.1, 0.15) is 18.1 Å². The molecule has 0 spiro atoms. The van der Waals surface area contributed by atoms with E-state index < -0.39 is 27.7 Å². The summed E-state index contributed by atoms with van der Waals surface area (Å²) < 4.78 is 37.5. The number of fused-ring (bicyclic) bond motifs is 1. The molecule has 0 aliphatic heterocycles. The Morgan fingerprint density at radius 1 is 1.13 bits per heavy atom. The molecule has 1 unspecified atom stereocenters. The topological polar surface area (TPSA) is 103 Å². The van der Waals surface area contributed by atoms with E-state index in [1.807, 2.05) is 6.92 Å². The van der Waals surface area contributed by atoms with Gasteiger partial charge in [0.1, 0.15) is 16.6 Å². The van der Waals surface area contributed by atoms with Crippen molar-refractivity contribution in [3.63, 3.8) is 0 Å². The summed E-state index contributed by atoms with van der Waals surface area (Å²) in [5, 5.41) is 0.484. The summed E-state index contributed by atoms with van der Waals surface area (Å²) in [4.78, 5) is 24.2. The number of halogens is 2. The first-order chi connectivity index (χ1) is 14.0. The van der Waals surface area contributed by atoms with Crippen LogP contribution in [0.15, 0.2) is 50.5 Å². The minimum absolute atomic E-state index is 0.0191. The van der Waals surface area contributed by atoms with Crippen molar-refractivity contribution in [2.24, 2.45) is 0 Å². The maximum atomic E-state index is 12.5. The average molecular weight is 470 g/mol. The number of hydrogen-bond acceptors (Lipinski definition) is 6. The van der Waals surface area contributed by atoms with Crippen molar-refractivity contribution >= 4 is 50.2 Å². The van der Waals surface area contributed by atoms with E-state index in [1.165, 1.54) is 31.2 Å². The average Bonchev–Trinajstić information content (AvgIpc) is 2.67. The minimum Gasteiger partial charge on any atom is -0.424 e. The van der Waals surface area contributed by atoms with Gasteiger partial charge in [0.25, 0.3) is 0 Å². The summed E-state index contributed by atoms with van der Waals surface area (Å²) in [5.41, 5.74) is 0.764. The zero-order chi connectivity index (χ0) is 22.2. The lowest BCUT2D eigenvalue weighted by Gasteiger charge is -2.15. The van der Waals surface area contributed by atoms with Crippen molar-refractivity contribution in [3.8, 4) is 5.75 Å². The van der Waals surface area contributed by atoms with Crippen LogP contribution in [0.25, 0.3) is 11.0 Å². The SMILES string of the molecule is Cc1ccc(S(=O)(=O)NC(C)C(=O)Oc2cc3oc(=O)c(Cl)c(C)c3cc2Cl)cc1. The number of carbonyl (C=O) groups excluding carboxylic acids is 1. The number of esters is 1. The third-order valence-electron chi connectivity index (χ3n) is 4.38. The Labute approximate surface area is 182 Å². The largest absolute Gasteiger partial charge is 0.424 e. The van der Waals surface area contributed by atoms with Crippen LogP contribution in [0.5, 0.6) is 5.75 Å². The fraction of sp³-hybridized carbons (Fsp3) is 0.200. The third kappa shape index (κ3) is 4.52. The normalized spacial score (nSPS) is 12.7. The number of hydrogen-bond donors (Lipinski definition) is 1. The van der Waals surface area contributed by atoms with Crippen LogP contribution < -0.4 is 15.1 Å². The van der Waals surface area contributed by atoms with Gasteiger partial charge in [-0.2, -0.15) is 4.72 Å². The highest BCUT2D eigenvalue weighted by Gasteiger charge is 2.24. The van der Waals surface area contributed by atoms with E-state index >= 15 is 0 Å². The van der Waals surface area contributed by atoms with E-state index in [-0.39, 0.29) is 26.3 Å². The summed E-state index contributed by atoms with van der Waals surface area (Å²) >= 11 is 12.1. The van der Waals surface area contributed by atoms with Gasteiger partial charge in [0.2, 0.25) is 10.0 Å². The number of ether oxygens (including phenoxy) is 1. The van der Waals surface area contributed by atoms with Gasteiger partial charge in [0, 0.05) is 11.5 Å². The summed E-state index contributed by atoms with van der Waals surface area (Å²) in [6.07, 6.45) is 0. The maximum Gasteiger partial charge on any atom is 0.355 e. The molecule has 1 atom stereocenters. The fourth-order valence-corrected chi connectivity index (χ4v) is 4.20. The lowest BCUT2D eigenvalue weighted by molar-refractivity contribution is -0.135. The molecule has 1 aromatic heterocycles. The highest BCUT2D eigenvalue weighted by Crippen LogP contribution is 2.33. The Kier molecular flexibility index (Phi) is 6.24. The Hall–Kier alpha value is -2.39. The first-order valence-corrected chi connectivity index (χ1v) is 11.0. The predicted molar refractivity (Wildman–Crippen MR) is 114 cm³/mol. The monoisotopic (exact) mass is 469 g/mol. The van der Waals surface area contributed by atoms with Gasteiger partial charge in [-0.3, -0.25) is 0 Å². The number of benzene rings is 2. The van der Waals surface area contributed by atoms with E-state index in [4.69, 9.17) is 32.4 Å². The molecular formula is C20H17Cl2NO6S. The molecule has 0 radical (unpaired) electrons. The van der Waals surface area contributed by atoms with Gasteiger partial charge < -0.3 is 9.15 Å². The molecule has 1 N–H and O–H groups in total. The summed E-state index contributed by atoms with van der Waals surface area (Å²) in [6.45, 7) is 4.80. The summed E-state index contributed by atoms with van der Waals surface area (Å²) in [5.74, 6) is -0.972. The van der Waals surface area contributed by atoms with E-state index in [1.54, 1.807) is 19.1 Å². The number of aryl methyl sites for hydroxylation is 2. The van der Waals surface area contributed by atoms with Crippen molar-refractivity contribution in [2.75, 3.05) is 0 Å². The van der Waals surface area contributed by atoms with Crippen LogP contribution in [-0.2, 0) is 14.8 Å². The van der Waals surface area contributed by atoms with Gasteiger partial charge in [0.05, 0.1) is 9.92 Å². The third-order valence-corrected chi connectivity index (χ3v) is 6.67. The Bertz CT molecular complexity index is 1300. The molecule has 0 fully saturated rings. The fourth-order valence-electron chi connectivity index (χ4n) is 2.67. The van der Waals surface area contributed by atoms with Gasteiger partial charge >= 0.3 is 11.6 Å². The van der Waals surface area contributed by atoms with Gasteiger partial charge in [-0.15, -0.1) is 0 Å². The number of nitrogens with one attached hydrogen (secondary N) is 1. The molecule has 1 heterocycles. The van der Waals surface area contributed by atoms with Crippen molar-refractivity contribution < 1.29 is 22.4 Å². The van der Waals surface area contributed by atoms with Gasteiger partial charge in [-0.25, -0.2) is 18.0 Å². The molecule has 158 valence electrons. The van der Waals surface area contributed by atoms with E-state index in [2.05, 4.69) is 4.72 Å². The highest BCUT2D eigenvalue weighted by atomic mass is 35.5. The number of rotatable bonds is 5. The van der Waals surface area contributed by atoms with Crippen LogP contribution >= 0.6 is 23.2 Å². The first-order valence-electron chi connectivity index (χ1n) is 8.73. The molecule has 0 saturated carbocycles. The van der Waals surface area contributed by atoms with Crippen LogP contribution in [0.4, 0.5) is 0 Å². The molecule has 30 heavy (non-hydrogen) atoms. The Morgan fingerprint density at radius 2 is 1.77 bits per heavy atom. The number of sulfonamides is 1. The van der Waals surface area contributed by atoms with E-state index in [0.717, 1.165) is 5.56 Å². The smallest absolute Gasteiger partial charge is 0.355 e. The van der Waals surface area contributed by atoms with E-state index in [0.29, 0.717) is 10.9 Å². The predicted octanol–water partition coefficient (Wildman–Crippen LogP) is 3.99.